The van der Waals surface area contributed by atoms with Crippen molar-refractivity contribution in [2.24, 2.45) is 0 Å². The Hall–Kier alpha value is -2.62. The molecule has 136 valence electrons. The lowest BCUT2D eigenvalue weighted by Crippen LogP contribution is -2.57. The van der Waals surface area contributed by atoms with Gasteiger partial charge in [-0.3, -0.25) is 0 Å². The van der Waals surface area contributed by atoms with Crippen LogP contribution in [0.5, 0.6) is 11.5 Å². The van der Waals surface area contributed by atoms with Gasteiger partial charge in [-0.2, -0.15) is 0 Å². The van der Waals surface area contributed by atoms with Crippen LogP contribution >= 0.6 is 0 Å². The van der Waals surface area contributed by atoms with Gasteiger partial charge in [-0.25, -0.2) is 9.59 Å². The maximum Gasteiger partial charge on any atom is 0.335 e. The number of benzene rings is 1. The molecular weight excluding hydrogens is 336 g/mol. The molecule has 1 aliphatic rings. The smallest absolute Gasteiger partial charge is 0.335 e. The molecule has 0 spiro atoms. The molecule has 0 amide bonds. The molecule has 0 bridgehead atoms. The molecule has 0 radical (unpaired) electrons. The third-order valence-electron chi connectivity index (χ3n) is 3.91. The zero-order valence-electron chi connectivity index (χ0n) is 12.9. The average molecular weight is 354 g/mol. The highest BCUT2D eigenvalue weighted by atomic mass is 16.6. The van der Waals surface area contributed by atoms with Gasteiger partial charge in [0.05, 0.1) is 12.2 Å². The van der Waals surface area contributed by atoms with E-state index in [9.17, 15) is 35.1 Å². The molecule has 9 nitrogen and oxygen atoms in total. The topological polar surface area (TPSA) is 165 Å². The Labute approximate surface area is 142 Å². The van der Waals surface area contributed by atoms with Crippen molar-refractivity contribution in [3.8, 4) is 11.5 Å². The van der Waals surface area contributed by atoms with E-state index in [1.54, 1.807) is 0 Å². The van der Waals surface area contributed by atoms with Crippen molar-refractivity contribution >= 4 is 18.0 Å². The van der Waals surface area contributed by atoms with Crippen LogP contribution in [0.25, 0.3) is 6.08 Å². The predicted molar refractivity (Wildman–Crippen MR) is 82.5 cm³/mol. The fourth-order valence-corrected chi connectivity index (χ4v) is 2.58. The van der Waals surface area contributed by atoms with Crippen LogP contribution in [0.4, 0.5) is 0 Å². The minimum Gasteiger partial charge on any atom is -0.504 e. The Morgan fingerprint density at radius 3 is 2.24 bits per heavy atom. The number of rotatable bonds is 4. The molecule has 0 aliphatic heterocycles. The van der Waals surface area contributed by atoms with Crippen LogP contribution in [0.1, 0.15) is 18.4 Å². The summed E-state index contributed by atoms with van der Waals surface area (Å²) < 4.78 is 4.92. The number of carbonyl (C=O) groups is 2. The number of aliphatic hydroxyl groups excluding tert-OH is 2. The average Bonchev–Trinajstić information content (AvgIpc) is 2.52. The lowest BCUT2D eigenvalue weighted by molar-refractivity contribution is -0.196. The normalized spacial score (nSPS) is 29.5. The highest BCUT2D eigenvalue weighted by Crippen LogP contribution is 2.31. The summed E-state index contributed by atoms with van der Waals surface area (Å²) in [6.45, 7) is 0. The van der Waals surface area contributed by atoms with E-state index in [-0.39, 0.29) is 11.5 Å². The van der Waals surface area contributed by atoms with Gasteiger partial charge in [-0.1, -0.05) is 6.07 Å². The Balaban J connectivity index is 2.01. The molecule has 4 atom stereocenters. The van der Waals surface area contributed by atoms with Crippen LogP contribution in [0.3, 0.4) is 0 Å². The van der Waals surface area contributed by atoms with Crippen LogP contribution in [0, 0.1) is 0 Å². The fraction of sp³-hybridized carbons (Fsp3) is 0.375. The maximum atomic E-state index is 11.8. The summed E-state index contributed by atoms with van der Waals surface area (Å²) in [5, 5.41) is 57.1. The Morgan fingerprint density at radius 1 is 1.12 bits per heavy atom. The zero-order valence-corrected chi connectivity index (χ0v) is 12.9. The van der Waals surface area contributed by atoms with Crippen molar-refractivity contribution in [1.82, 2.24) is 0 Å². The number of phenolic OH excluding ortho intramolecular Hbond substituents is 2. The number of hydrogen-bond donors (Lipinski definition) is 6. The molecule has 25 heavy (non-hydrogen) atoms. The monoisotopic (exact) mass is 354 g/mol. The van der Waals surface area contributed by atoms with E-state index in [4.69, 9.17) is 9.84 Å². The van der Waals surface area contributed by atoms with Crippen molar-refractivity contribution < 1.29 is 45.0 Å². The van der Waals surface area contributed by atoms with E-state index in [0.29, 0.717) is 5.56 Å². The minimum atomic E-state index is -2.29. The van der Waals surface area contributed by atoms with Crippen molar-refractivity contribution in [1.29, 1.82) is 0 Å². The number of esters is 1. The van der Waals surface area contributed by atoms with E-state index in [2.05, 4.69) is 0 Å². The molecule has 2 rings (SSSR count). The van der Waals surface area contributed by atoms with Gasteiger partial charge in [-0.05, 0) is 23.8 Å². The van der Waals surface area contributed by atoms with E-state index in [1.165, 1.54) is 24.3 Å². The van der Waals surface area contributed by atoms with Crippen LogP contribution in [0.15, 0.2) is 24.3 Å². The molecule has 1 aliphatic carbocycles. The van der Waals surface area contributed by atoms with Gasteiger partial charge in [0.2, 0.25) is 0 Å². The maximum absolute atomic E-state index is 11.8. The minimum absolute atomic E-state index is 0.320. The highest BCUT2D eigenvalue weighted by Gasteiger charge is 2.50. The largest absolute Gasteiger partial charge is 0.504 e. The molecule has 9 heteroatoms. The lowest BCUT2D eigenvalue weighted by Gasteiger charge is -2.39. The first kappa shape index (κ1) is 18.7. The number of aliphatic hydroxyl groups is 3. The molecule has 0 heterocycles. The van der Waals surface area contributed by atoms with Gasteiger partial charge >= 0.3 is 11.9 Å². The van der Waals surface area contributed by atoms with Crippen LogP contribution in [-0.4, -0.2) is 66.5 Å². The molecule has 1 saturated carbocycles. The van der Waals surface area contributed by atoms with Gasteiger partial charge in [-0.15, -0.1) is 0 Å². The van der Waals surface area contributed by atoms with E-state index >= 15 is 0 Å². The number of carboxylic acid groups (broad SMARTS) is 1. The molecule has 0 saturated heterocycles. The van der Waals surface area contributed by atoms with Gasteiger partial charge in [0.25, 0.3) is 0 Å². The van der Waals surface area contributed by atoms with Crippen LogP contribution < -0.4 is 0 Å². The molecule has 6 N–H and O–H groups in total. The molecule has 1 aromatic rings. The number of carbonyl (C=O) groups excluding carboxylic acids is 1. The molecule has 2 unspecified atom stereocenters. The van der Waals surface area contributed by atoms with Crippen molar-refractivity contribution in [2.75, 3.05) is 0 Å². The Morgan fingerprint density at radius 2 is 1.72 bits per heavy atom. The lowest BCUT2D eigenvalue weighted by atomic mass is 9.79. The summed E-state index contributed by atoms with van der Waals surface area (Å²) in [5.41, 5.74) is -1.90. The summed E-state index contributed by atoms with van der Waals surface area (Å²) in [4.78, 5) is 22.8. The molecule has 1 aromatic carbocycles. The first-order chi connectivity index (χ1) is 11.6. The SMILES string of the molecule is O=C(C=Cc1ccc(O)c(O)c1)OC1[C@H](O)CC(O)(C(=O)O)C[C@@H]1O. The standard InChI is InChI=1S/C16H18O9/c17-9-3-1-8(5-10(9)18)2-4-13(21)25-14-11(19)6-16(24,15(22)23)7-12(14)20/h1-5,11-12,14,17-20,24H,6-7H2,(H,22,23)/t11-,12+,14?,16?. The Kier molecular flexibility index (Phi) is 5.31. The first-order valence-corrected chi connectivity index (χ1v) is 7.35. The second-order valence-corrected chi connectivity index (χ2v) is 5.86. The molecule has 0 aromatic heterocycles. The third kappa shape index (κ3) is 4.27. The predicted octanol–water partition coefficient (Wildman–Crippen LogP) is -0.646. The van der Waals surface area contributed by atoms with Gasteiger partial charge in [0, 0.05) is 18.9 Å². The van der Waals surface area contributed by atoms with Crippen molar-refractivity contribution in [3.63, 3.8) is 0 Å². The van der Waals surface area contributed by atoms with Crippen LogP contribution in [0.2, 0.25) is 0 Å². The summed E-state index contributed by atoms with van der Waals surface area (Å²) in [6.07, 6.45) is -3.43. The third-order valence-corrected chi connectivity index (χ3v) is 3.91. The van der Waals surface area contributed by atoms with E-state index in [1.807, 2.05) is 0 Å². The fourth-order valence-electron chi connectivity index (χ4n) is 2.58. The number of phenols is 2. The summed E-state index contributed by atoms with van der Waals surface area (Å²) in [7, 11) is 0. The van der Waals surface area contributed by atoms with E-state index < -0.39 is 48.7 Å². The summed E-state index contributed by atoms with van der Waals surface area (Å²) >= 11 is 0. The second-order valence-electron chi connectivity index (χ2n) is 5.86. The number of aromatic hydroxyl groups is 2. The molecule has 1 fully saturated rings. The summed E-state index contributed by atoms with van der Waals surface area (Å²) in [5.74, 6) is -3.19. The van der Waals surface area contributed by atoms with Crippen LogP contribution in [-0.2, 0) is 14.3 Å². The first-order valence-electron chi connectivity index (χ1n) is 7.35. The quantitative estimate of drug-likeness (QED) is 0.234. The van der Waals surface area contributed by atoms with Crippen molar-refractivity contribution in [3.05, 3.63) is 29.8 Å². The second kappa shape index (κ2) is 7.09. The van der Waals surface area contributed by atoms with Crippen molar-refractivity contribution in [2.45, 2.75) is 36.8 Å². The number of ether oxygens (including phenoxy) is 1. The van der Waals surface area contributed by atoms with Gasteiger partial charge in [0.1, 0.15) is 0 Å². The summed E-state index contributed by atoms with van der Waals surface area (Å²) in [6, 6.07) is 3.86. The number of aliphatic carboxylic acids is 1. The zero-order chi connectivity index (χ0) is 18.8. The van der Waals surface area contributed by atoms with E-state index in [0.717, 1.165) is 6.08 Å². The molecular formula is C16H18O9. The van der Waals surface area contributed by atoms with Gasteiger partial charge < -0.3 is 35.4 Å². The Bertz CT molecular complexity index is 685. The number of carboxylic acids is 1. The highest BCUT2D eigenvalue weighted by molar-refractivity contribution is 5.87. The number of hydrogen-bond acceptors (Lipinski definition) is 8. The van der Waals surface area contributed by atoms with Gasteiger partial charge in [0.15, 0.2) is 23.2 Å².